The van der Waals surface area contributed by atoms with Gasteiger partial charge in [0.15, 0.2) is 0 Å². The molecule has 5 heteroatoms. The maximum atomic E-state index is 12.6. The summed E-state index contributed by atoms with van der Waals surface area (Å²) >= 11 is 0. The monoisotopic (exact) mass is 283 g/mol. The van der Waals surface area contributed by atoms with Gasteiger partial charge in [0.25, 0.3) is 0 Å². The van der Waals surface area contributed by atoms with E-state index in [1.807, 2.05) is 33.8 Å². The molecule has 0 bridgehead atoms. The molecule has 1 aromatic carbocycles. The Hall–Kier alpha value is -0.910. The molecule has 0 saturated carbocycles. The third-order valence-electron chi connectivity index (χ3n) is 3.50. The molecule has 1 aliphatic heterocycles. The van der Waals surface area contributed by atoms with Gasteiger partial charge in [-0.05, 0) is 51.0 Å². The molecule has 0 spiro atoms. The van der Waals surface area contributed by atoms with E-state index in [9.17, 15) is 8.42 Å². The van der Waals surface area contributed by atoms with Crippen molar-refractivity contribution in [3.8, 4) is 0 Å². The lowest BCUT2D eigenvalue weighted by Gasteiger charge is -2.34. The lowest BCUT2D eigenvalue weighted by atomic mass is 10.1. The number of aryl methyl sites for hydroxylation is 2. The second kappa shape index (κ2) is 5.23. The minimum atomic E-state index is -3.41. The Bertz CT molecular complexity index is 558. The molecule has 1 aromatic rings. The zero-order chi connectivity index (χ0) is 14.2. The molecule has 19 heavy (non-hydrogen) atoms. The van der Waals surface area contributed by atoms with Crippen molar-refractivity contribution in [3.63, 3.8) is 0 Å². The summed E-state index contributed by atoms with van der Waals surface area (Å²) in [5.74, 6) is 0. The van der Waals surface area contributed by atoms with Gasteiger partial charge in [0.1, 0.15) is 0 Å². The van der Waals surface area contributed by atoms with Crippen LogP contribution in [0.15, 0.2) is 23.1 Å². The van der Waals surface area contributed by atoms with E-state index >= 15 is 0 Å². The van der Waals surface area contributed by atoms with Gasteiger partial charge in [-0.15, -0.1) is 0 Å². The van der Waals surface area contributed by atoms with E-state index in [0.717, 1.165) is 11.1 Å². The molecule has 1 saturated heterocycles. The summed E-state index contributed by atoms with van der Waals surface area (Å²) in [4.78, 5) is 0.372. The van der Waals surface area contributed by atoms with Crippen LogP contribution in [0, 0.1) is 13.8 Å². The highest BCUT2D eigenvalue weighted by molar-refractivity contribution is 7.89. The molecule has 2 unspecified atom stereocenters. The topological polar surface area (TPSA) is 46.6 Å². The van der Waals surface area contributed by atoms with Crippen molar-refractivity contribution in [1.82, 2.24) is 4.31 Å². The van der Waals surface area contributed by atoms with Crippen molar-refractivity contribution < 1.29 is 13.2 Å². The fraction of sp³-hybridized carbons (Fsp3) is 0.571. The molecule has 0 N–H and O–H groups in total. The van der Waals surface area contributed by atoms with Crippen molar-refractivity contribution in [1.29, 1.82) is 0 Å². The predicted octanol–water partition coefficient (Wildman–Crippen LogP) is 2.10. The number of sulfonamides is 1. The smallest absolute Gasteiger partial charge is 0.243 e. The van der Waals surface area contributed by atoms with Crippen LogP contribution in [0.5, 0.6) is 0 Å². The maximum Gasteiger partial charge on any atom is 0.243 e. The summed E-state index contributed by atoms with van der Waals surface area (Å²) in [7, 11) is -3.41. The van der Waals surface area contributed by atoms with Crippen LogP contribution in [0.1, 0.15) is 25.0 Å². The lowest BCUT2D eigenvalue weighted by molar-refractivity contribution is -0.0440. The minimum absolute atomic E-state index is 0.0647. The number of benzene rings is 1. The van der Waals surface area contributed by atoms with E-state index in [-0.39, 0.29) is 12.2 Å². The third kappa shape index (κ3) is 2.99. The van der Waals surface area contributed by atoms with Gasteiger partial charge in [-0.25, -0.2) is 8.42 Å². The molecule has 106 valence electrons. The molecular formula is C14H21NO3S. The van der Waals surface area contributed by atoms with E-state index < -0.39 is 10.0 Å². The van der Waals surface area contributed by atoms with E-state index in [0.29, 0.717) is 18.0 Å². The second-order valence-electron chi connectivity index (χ2n) is 5.33. The Morgan fingerprint density at radius 2 is 1.68 bits per heavy atom. The quantitative estimate of drug-likeness (QED) is 0.835. The Kier molecular flexibility index (Phi) is 3.99. The normalized spacial score (nSPS) is 25.5. The van der Waals surface area contributed by atoms with E-state index in [1.165, 1.54) is 4.31 Å². The van der Waals surface area contributed by atoms with Crippen LogP contribution in [0.2, 0.25) is 0 Å². The fourth-order valence-corrected chi connectivity index (χ4v) is 4.03. The highest BCUT2D eigenvalue weighted by Crippen LogP contribution is 2.22. The fourth-order valence-electron chi connectivity index (χ4n) is 2.35. The van der Waals surface area contributed by atoms with Crippen LogP contribution in [0.4, 0.5) is 0 Å². The van der Waals surface area contributed by atoms with Gasteiger partial charge in [-0.3, -0.25) is 0 Å². The number of hydrogen-bond acceptors (Lipinski definition) is 3. The van der Waals surface area contributed by atoms with E-state index in [1.54, 1.807) is 12.1 Å². The maximum absolute atomic E-state index is 12.6. The highest BCUT2D eigenvalue weighted by atomic mass is 32.2. The minimum Gasteiger partial charge on any atom is -0.373 e. The predicted molar refractivity (Wildman–Crippen MR) is 74.7 cm³/mol. The molecule has 0 aliphatic carbocycles. The average molecular weight is 283 g/mol. The van der Waals surface area contributed by atoms with Crippen LogP contribution in [-0.4, -0.2) is 38.0 Å². The van der Waals surface area contributed by atoms with Crippen molar-refractivity contribution in [3.05, 3.63) is 29.3 Å². The number of morpholine rings is 1. The Morgan fingerprint density at radius 3 is 2.21 bits per heavy atom. The van der Waals surface area contributed by atoms with Crippen molar-refractivity contribution in [2.45, 2.75) is 44.8 Å². The van der Waals surface area contributed by atoms with Gasteiger partial charge in [0.05, 0.1) is 17.1 Å². The number of ether oxygens (including phenoxy) is 1. The molecule has 0 amide bonds. The Balaban J connectivity index is 2.33. The number of rotatable bonds is 2. The van der Waals surface area contributed by atoms with Crippen molar-refractivity contribution in [2.75, 3.05) is 13.1 Å². The molecule has 2 atom stereocenters. The van der Waals surface area contributed by atoms with Crippen LogP contribution in [0.25, 0.3) is 0 Å². The summed E-state index contributed by atoms with van der Waals surface area (Å²) in [6, 6.07) is 5.29. The SMILES string of the molecule is Cc1ccc(S(=O)(=O)N2CC(C)OC(C)C2)cc1C. The van der Waals surface area contributed by atoms with Crippen LogP contribution in [0.3, 0.4) is 0 Å². The first-order chi connectivity index (χ1) is 8.80. The first-order valence-electron chi connectivity index (χ1n) is 6.53. The Labute approximate surface area is 115 Å². The zero-order valence-electron chi connectivity index (χ0n) is 11.9. The third-order valence-corrected chi connectivity index (χ3v) is 5.33. The van der Waals surface area contributed by atoms with Crippen LogP contribution >= 0.6 is 0 Å². The van der Waals surface area contributed by atoms with Gasteiger partial charge in [0, 0.05) is 13.1 Å². The lowest BCUT2D eigenvalue weighted by Crippen LogP contribution is -2.48. The highest BCUT2D eigenvalue weighted by Gasteiger charge is 2.32. The molecule has 0 aromatic heterocycles. The van der Waals surface area contributed by atoms with E-state index in [2.05, 4.69) is 0 Å². The molecule has 1 heterocycles. The summed E-state index contributed by atoms with van der Waals surface area (Å²) in [6.07, 6.45) is -0.129. The van der Waals surface area contributed by atoms with Crippen LogP contribution in [-0.2, 0) is 14.8 Å². The summed E-state index contributed by atoms with van der Waals surface area (Å²) < 4.78 is 32.3. The molecule has 1 aliphatic rings. The molecule has 2 rings (SSSR count). The first-order valence-corrected chi connectivity index (χ1v) is 7.97. The van der Waals surface area contributed by atoms with Gasteiger partial charge in [-0.1, -0.05) is 6.07 Å². The zero-order valence-corrected chi connectivity index (χ0v) is 12.7. The number of nitrogens with zero attached hydrogens (tertiary/aromatic N) is 1. The summed E-state index contributed by atoms with van der Waals surface area (Å²) in [5, 5.41) is 0. The van der Waals surface area contributed by atoms with Gasteiger partial charge < -0.3 is 4.74 Å². The van der Waals surface area contributed by atoms with Gasteiger partial charge in [0.2, 0.25) is 10.0 Å². The Morgan fingerprint density at radius 1 is 1.11 bits per heavy atom. The van der Waals surface area contributed by atoms with Gasteiger partial charge in [-0.2, -0.15) is 4.31 Å². The largest absolute Gasteiger partial charge is 0.373 e. The van der Waals surface area contributed by atoms with Crippen LogP contribution < -0.4 is 0 Å². The van der Waals surface area contributed by atoms with E-state index in [4.69, 9.17) is 4.74 Å². The summed E-state index contributed by atoms with van der Waals surface area (Å²) in [5.41, 5.74) is 2.10. The first kappa shape index (κ1) is 14.5. The van der Waals surface area contributed by atoms with Crippen molar-refractivity contribution >= 4 is 10.0 Å². The average Bonchev–Trinajstić information content (AvgIpc) is 2.31. The molecule has 1 fully saturated rings. The molecule has 4 nitrogen and oxygen atoms in total. The number of hydrogen-bond donors (Lipinski definition) is 0. The van der Waals surface area contributed by atoms with Crippen molar-refractivity contribution in [2.24, 2.45) is 0 Å². The molecule has 0 radical (unpaired) electrons. The summed E-state index contributed by atoms with van der Waals surface area (Å²) in [6.45, 7) is 8.54. The molecular weight excluding hydrogens is 262 g/mol. The standard InChI is InChI=1S/C14H21NO3S/c1-10-5-6-14(7-11(10)2)19(16,17)15-8-12(3)18-13(4)9-15/h5-7,12-13H,8-9H2,1-4H3. The van der Waals surface area contributed by atoms with Gasteiger partial charge >= 0.3 is 0 Å². The second-order valence-corrected chi connectivity index (χ2v) is 7.26.